The van der Waals surface area contributed by atoms with Crippen LogP contribution in [-0.4, -0.2) is 30.4 Å². The van der Waals surface area contributed by atoms with Gasteiger partial charge in [0.2, 0.25) is 5.91 Å². The van der Waals surface area contributed by atoms with E-state index in [2.05, 4.69) is 5.32 Å². The summed E-state index contributed by atoms with van der Waals surface area (Å²) in [6, 6.07) is 6.19. The van der Waals surface area contributed by atoms with Crippen molar-refractivity contribution in [3.05, 3.63) is 30.1 Å². The molecular weight excluding hydrogens is 231 g/mol. The Hall–Kier alpha value is -1.58. The van der Waals surface area contributed by atoms with Gasteiger partial charge in [0.1, 0.15) is 5.82 Å². The third kappa shape index (κ3) is 3.72. The lowest BCUT2D eigenvalue weighted by molar-refractivity contribution is -0.131. The van der Waals surface area contributed by atoms with E-state index in [1.165, 1.54) is 18.6 Å². The van der Waals surface area contributed by atoms with E-state index < -0.39 is 0 Å². The predicted octanol–water partition coefficient (Wildman–Crippen LogP) is 2.64. The summed E-state index contributed by atoms with van der Waals surface area (Å²) in [6.07, 6.45) is 3.98. The highest BCUT2D eigenvalue weighted by Crippen LogP contribution is 2.11. The van der Waals surface area contributed by atoms with Crippen molar-refractivity contribution in [2.75, 3.05) is 25.0 Å². The van der Waals surface area contributed by atoms with Crippen LogP contribution in [0.25, 0.3) is 0 Å². The lowest BCUT2D eigenvalue weighted by atomic mass is 10.1. The number of carbonyl (C=O) groups excluding carboxylic acids is 1. The van der Waals surface area contributed by atoms with Crippen LogP contribution in [0.4, 0.5) is 10.1 Å². The summed E-state index contributed by atoms with van der Waals surface area (Å²) in [6.45, 7) is 2.39. The third-order valence-corrected chi connectivity index (χ3v) is 3.22. The van der Waals surface area contributed by atoms with Crippen molar-refractivity contribution >= 4 is 11.6 Å². The molecule has 0 unspecified atom stereocenters. The molecule has 98 valence electrons. The molecule has 1 N–H and O–H groups in total. The number of likely N-dealkylation sites (tertiary alicyclic amines) is 1. The average molecular weight is 250 g/mol. The molecule has 1 amide bonds. The normalized spacial score (nSPS) is 15.5. The number of nitrogens with zero attached hydrogens (tertiary/aromatic N) is 1. The van der Waals surface area contributed by atoms with Gasteiger partial charge in [-0.3, -0.25) is 4.79 Å². The Kier molecular flexibility index (Phi) is 4.56. The molecule has 0 radical (unpaired) electrons. The molecule has 2 rings (SSSR count). The lowest BCUT2D eigenvalue weighted by Gasteiger charge is -2.26. The number of rotatable bonds is 4. The van der Waals surface area contributed by atoms with E-state index in [-0.39, 0.29) is 11.7 Å². The van der Waals surface area contributed by atoms with Crippen LogP contribution >= 0.6 is 0 Å². The molecule has 1 aliphatic heterocycles. The standard InChI is InChI=1S/C14H19FN2O/c15-12-4-6-13(7-5-12)16-9-8-14(18)17-10-2-1-3-11-17/h4-7,16H,1-3,8-11H2. The fourth-order valence-electron chi connectivity index (χ4n) is 2.18. The average Bonchev–Trinajstić information content (AvgIpc) is 2.42. The van der Waals surface area contributed by atoms with E-state index in [0.29, 0.717) is 13.0 Å². The molecule has 0 spiro atoms. The van der Waals surface area contributed by atoms with Crippen LogP contribution in [-0.2, 0) is 4.79 Å². The van der Waals surface area contributed by atoms with Crippen LogP contribution in [0.2, 0.25) is 0 Å². The lowest BCUT2D eigenvalue weighted by Crippen LogP contribution is -2.36. The Morgan fingerprint density at radius 2 is 1.83 bits per heavy atom. The van der Waals surface area contributed by atoms with Crippen LogP contribution in [0, 0.1) is 5.82 Å². The maximum atomic E-state index is 12.7. The monoisotopic (exact) mass is 250 g/mol. The minimum atomic E-state index is -0.245. The van der Waals surface area contributed by atoms with E-state index in [9.17, 15) is 9.18 Å². The number of amides is 1. The third-order valence-electron chi connectivity index (χ3n) is 3.22. The fourth-order valence-corrected chi connectivity index (χ4v) is 2.18. The number of carbonyl (C=O) groups is 1. The maximum Gasteiger partial charge on any atom is 0.224 e. The van der Waals surface area contributed by atoms with Gasteiger partial charge in [-0.05, 0) is 43.5 Å². The van der Waals surface area contributed by atoms with Gasteiger partial charge in [-0.1, -0.05) is 0 Å². The molecule has 3 nitrogen and oxygen atoms in total. The highest BCUT2D eigenvalue weighted by molar-refractivity contribution is 5.76. The van der Waals surface area contributed by atoms with Gasteiger partial charge in [-0.2, -0.15) is 0 Å². The fraction of sp³-hybridized carbons (Fsp3) is 0.500. The van der Waals surface area contributed by atoms with Gasteiger partial charge in [-0.25, -0.2) is 4.39 Å². The number of benzene rings is 1. The quantitative estimate of drug-likeness (QED) is 0.891. The SMILES string of the molecule is O=C(CCNc1ccc(F)cc1)N1CCCCC1. The van der Waals surface area contributed by atoms with E-state index in [0.717, 1.165) is 31.6 Å². The molecule has 0 aromatic heterocycles. The zero-order valence-electron chi connectivity index (χ0n) is 10.5. The van der Waals surface area contributed by atoms with E-state index in [1.807, 2.05) is 4.90 Å². The van der Waals surface area contributed by atoms with Crippen molar-refractivity contribution in [1.82, 2.24) is 4.90 Å². The first-order chi connectivity index (χ1) is 8.75. The Labute approximate surface area is 107 Å². The molecule has 4 heteroatoms. The van der Waals surface area contributed by atoms with Gasteiger partial charge >= 0.3 is 0 Å². The first kappa shape index (κ1) is 12.9. The van der Waals surface area contributed by atoms with Crippen LogP contribution in [0.1, 0.15) is 25.7 Å². The van der Waals surface area contributed by atoms with Gasteiger partial charge in [0.15, 0.2) is 0 Å². The van der Waals surface area contributed by atoms with Crippen molar-refractivity contribution in [3.63, 3.8) is 0 Å². The Balaban J connectivity index is 1.71. The van der Waals surface area contributed by atoms with Crippen LogP contribution in [0.3, 0.4) is 0 Å². The molecule has 0 saturated carbocycles. The summed E-state index contributed by atoms with van der Waals surface area (Å²) in [7, 11) is 0. The summed E-state index contributed by atoms with van der Waals surface area (Å²) in [4.78, 5) is 13.8. The van der Waals surface area contributed by atoms with E-state index >= 15 is 0 Å². The Morgan fingerprint density at radius 1 is 1.17 bits per heavy atom. The molecule has 1 aromatic carbocycles. The molecule has 0 aliphatic carbocycles. The zero-order valence-corrected chi connectivity index (χ0v) is 10.5. The van der Waals surface area contributed by atoms with Gasteiger partial charge in [-0.15, -0.1) is 0 Å². The highest BCUT2D eigenvalue weighted by Gasteiger charge is 2.15. The summed E-state index contributed by atoms with van der Waals surface area (Å²) >= 11 is 0. The predicted molar refractivity (Wildman–Crippen MR) is 69.9 cm³/mol. The second kappa shape index (κ2) is 6.38. The zero-order chi connectivity index (χ0) is 12.8. The first-order valence-electron chi connectivity index (χ1n) is 6.53. The van der Waals surface area contributed by atoms with Gasteiger partial charge < -0.3 is 10.2 Å². The smallest absolute Gasteiger partial charge is 0.224 e. The number of halogens is 1. The Bertz CT molecular complexity index is 385. The molecule has 1 fully saturated rings. The first-order valence-corrected chi connectivity index (χ1v) is 6.53. The molecule has 1 aliphatic rings. The van der Waals surface area contributed by atoms with Crippen molar-refractivity contribution < 1.29 is 9.18 Å². The summed E-state index contributed by atoms with van der Waals surface area (Å²) in [5.41, 5.74) is 0.850. The molecule has 1 aromatic rings. The minimum absolute atomic E-state index is 0.212. The van der Waals surface area contributed by atoms with Crippen LogP contribution in [0.15, 0.2) is 24.3 Å². The molecule has 0 bridgehead atoms. The minimum Gasteiger partial charge on any atom is -0.385 e. The molecule has 1 saturated heterocycles. The molecule has 1 heterocycles. The van der Waals surface area contributed by atoms with Crippen molar-refractivity contribution in [2.45, 2.75) is 25.7 Å². The molecule has 18 heavy (non-hydrogen) atoms. The van der Waals surface area contributed by atoms with Gasteiger partial charge in [0, 0.05) is 31.7 Å². The number of piperidine rings is 1. The number of hydrogen-bond donors (Lipinski definition) is 1. The topological polar surface area (TPSA) is 32.3 Å². The highest BCUT2D eigenvalue weighted by atomic mass is 19.1. The molecular formula is C14H19FN2O. The number of hydrogen-bond acceptors (Lipinski definition) is 2. The Morgan fingerprint density at radius 3 is 2.50 bits per heavy atom. The van der Waals surface area contributed by atoms with Crippen molar-refractivity contribution in [2.24, 2.45) is 0 Å². The summed E-state index contributed by atoms with van der Waals surface area (Å²) < 4.78 is 12.7. The van der Waals surface area contributed by atoms with Crippen LogP contribution in [0.5, 0.6) is 0 Å². The molecule has 0 atom stereocenters. The summed E-state index contributed by atoms with van der Waals surface area (Å²) in [5.74, 6) is -0.0331. The maximum absolute atomic E-state index is 12.7. The van der Waals surface area contributed by atoms with Gasteiger partial charge in [0.05, 0.1) is 0 Å². The largest absolute Gasteiger partial charge is 0.385 e. The second-order valence-corrected chi connectivity index (χ2v) is 4.63. The number of anilines is 1. The van der Waals surface area contributed by atoms with E-state index in [4.69, 9.17) is 0 Å². The van der Waals surface area contributed by atoms with Crippen molar-refractivity contribution in [3.8, 4) is 0 Å². The number of nitrogens with one attached hydrogen (secondary N) is 1. The van der Waals surface area contributed by atoms with Crippen molar-refractivity contribution in [1.29, 1.82) is 0 Å². The summed E-state index contributed by atoms with van der Waals surface area (Å²) in [5, 5.41) is 3.13. The van der Waals surface area contributed by atoms with Gasteiger partial charge in [0.25, 0.3) is 0 Å². The second-order valence-electron chi connectivity index (χ2n) is 4.63. The van der Waals surface area contributed by atoms with E-state index in [1.54, 1.807) is 12.1 Å². The van der Waals surface area contributed by atoms with Crippen LogP contribution < -0.4 is 5.32 Å².